The third-order valence-corrected chi connectivity index (χ3v) is 8.50. The molecule has 0 radical (unpaired) electrons. The molecule has 0 spiro atoms. The molecule has 0 aliphatic heterocycles. The first-order valence-electron chi connectivity index (χ1n) is 13.1. The Labute approximate surface area is 222 Å². The van der Waals surface area contributed by atoms with Gasteiger partial charge in [-0.05, 0) is 30.4 Å². The highest BCUT2D eigenvalue weighted by Crippen LogP contribution is 2.42. The molecule has 10 heteroatoms. The summed E-state index contributed by atoms with van der Waals surface area (Å²) < 4.78 is 16.0. The van der Waals surface area contributed by atoms with Crippen LogP contribution in [0.4, 0.5) is 0 Å². The lowest BCUT2D eigenvalue weighted by Gasteiger charge is -2.23. The second-order valence-corrected chi connectivity index (χ2v) is 11.7. The van der Waals surface area contributed by atoms with Crippen LogP contribution in [0.5, 0.6) is 0 Å². The van der Waals surface area contributed by atoms with E-state index in [0.29, 0.717) is 19.4 Å². The van der Waals surface area contributed by atoms with Gasteiger partial charge in [0.15, 0.2) is 0 Å². The number of Topliss-reactive ketones (excluding diaryl/α,β-unsaturated/α-hetero) is 1. The summed E-state index contributed by atoms with van der Waals surface area (Å²) >= 11 is 0. The Morgan fingerprint density at radius 1 is 0.974 bits per heavy atom. The van der Waals surface area contributed by atoms with Crippen molar-refractivity contribution in [2.45, 2.75) is 57.3 Å². The molecule has 2 atom stereocenters. The molecule has 0 saturated heterocycles. The van der Waals surface area contributed by atoms with Crippen molar-refractivity contribution in [3.05, 3.63) is 59.7 Å². The lowest BCUT2D eigenvalue weighted by molar-refractivity contribution is -0.126. The highest BCUT2D eigenvalue weighted by Gasteiger charge is 2.30. The van der Waals surface area contributed by atoms with Crippen molar-refractivity contribution in [1.82, 2.24) is 20.7 Å². The number of fused-ring (bicyclic) bond motifs is 5. The van der Waals surface area contributed by atoms with Crippen LogP contribution >= 0.6 is 7.60 Å². The summed E-state index contributed by atoms with van der Waals surface area (Å²) in [6, 6.07) is 15.8. The van der Waals surface area contributed by atoms with Gasteiger partial charge in [-0.2, -0.15) is 15.4 Å². The highest BCUT2D eigenvalue weighted by molar-refractivity contribution is 7.52. The van der Waals surface area contributed by atoms with Crippen LogP contribution in [0.3, 0.4) is 0 Å². The fourth-order valence-corrected chi connectivity index (χ4v) is 5.76. The second-order valence-electron chi connectivity index (χ2n) is 9.65. The normalized spacial score (nSPS) is 15.8. The van der Waals surface area contributed by atoms with Gasteiger partial charge >= 0.3 is 7.60 Å². The van der Waals surface area contributed by atoms with Crippen molar-refractivity contribution in [3.63, 3.8) is 0 Å². The van der Waals surface area contributed by atoms with Crippen molar-refractivity contribution in [1.29, 1.82) is 0 Å². The first-order chi connectivity index (χ1) is 18.4. The summed E-state index contributed by atoms with van der Waals surface area (Å²) in [7, 11) is -2.17. The van der Waals surface area contributed by atoms with E-state index < -0.39 is 7.60 Å². The number of rotatable bonds is 13. The van der Waals surface area contributed by atoms with Crippen LogP contribution in [0.2, 0.25) is 0 Å². The first-order valence-corrected chi connectivity index (χ1v) is 14.9. The molecule has 0 saturated carbocycles. The Bertz CT molecular complexity index is 1310. The SMILES string of the molecule is COP(=O)(O)CCCCCCCNC(=O)CCC(=O)C1Cc2ccccc2-c2n[nH]nc2-c2ccccc21. The van der Waals surface area contributed by atoms with Crippen LogP contribution in [0.1, 0.15) is 62.0 Å². The molecule has 0 fully saturated rings. The summed E-state index contributed by atoms with van der Waals surface area (Å²) in [6.45, 7) is 0.554. The smallest absolute Gasteiger partial charge is 0.327 e. The van der Waals surface area contributed by atoms with Crippen molar-refractivity contribution in [3.8, 4) is 22.5 Å². The third-order valence-electron chi connectivity index (χ3n) is 7.05. The molecular weight excluding hydrogens is 503 g/mol. The Morgan fingerprint density at radius 3 is 2.42 bits per heavy atom. The highest BCUT2D eigenvalue weighted by atomic mass is 31.2. The van der Waals surface area contributed by atoms with Crippen molar-refractivity contribution in [2.24, 2.45) is 0 Å². The van der Waals surface area contributed by atoms with Crippen LogP contribution in [-0.4, -0.2) is 51.8 Å². The summed E-state index contributed by atoms with van der Waals surface area (Å²) in [5, 5.41) is 14.5. The lowest BCUT2D eigenvalue weighted by atomic mass is 9.79. The number of unbranched alkanes of at least 4 members (excludes halogenated alkanes) is 4. The van der Waals surface area contributed by atoms with E-state index in [-0.39, 0.29) is 36.6 Å². The molecule has 3 aromatic rings. The lowest BCUT2D eigenvalue weighted by Crippen LogP contribution is -2.26. The molecule has 1 aliphatic carbocycles. The van der Waals surface area contributed by atoms with E-state index in [1.807, 2.05) is 48.5 Å². The number of amides is 1. The van der Waals surface area contributed by atoms with E-state index in [2.05, 4.69) is 25.3 Å². The summed E-state index contributed by atoms with van der Waals surface area (Å²) in [6.07, 6.45) is 5.18. The van der Waals surface area contributed by atoms with E-state index in [9.17, 15) is 19.0 Å². The van der Waals surface area contributed by atoms with Gasteiger partial charge in [-0.3, -0.25) is 14.2 Å². The van der Waals surface area contributed by atoms with Crippen LogP contribution in [0.25, 0.3) is 22.5 Å². The quantitative estimate of drug-likeness (QED) is 0.205. The molecular formula is C28H35N4O5P. The van der Waals surface area contributed by atoms with Gasteiger partial charge in [-0.1, -0.05) is 67.8 Å². The summed E-state index contributed by atoms with van der Waals surface area (Å²) in [5.41, 5.74) is 5.30. The Hall–Kier alpha value is -3.13. The number of hydrogen-bond donors (Lipinski definition) is 3. The van der Waals surface area contributed by atoms with Crippen molar-refractivity contribution in [2.75, 3.05) is 19.8 Å². The number of carbonyl (C=O) groups excluding carboxylic acids is 2. The molecule has 2 unspecified atom stereocenters. The van der Waals surface area contributed by atoms with Crippen LogP contribution in [0.15, 0.2) is 48.5 Å². The van der Waals surface area contributed by atoms with Crippen LogP contribution in [0, 0.1) is 0 Å². The van der Waals surface area contributed by atoms with Gasteiger partial charge in [0.25, 0.3) is 0 Å². The molecule has 38 heavy (non-hydrogen) atoms. The van der Waals surface area contributed by atoms with Crippen LogP contribution in [-0.2, 0) is 25.1 Å². The minimum atomic E-state index is -3.42. The third kappa shape index (κ3) is 7.04. The number of H-pyrrole nitrogens is 1. The van der Waals surface area contributed by atoms with Crippen molar-refractivity contribution >= 4 is 19.3 Å². The fraction of sp³-hybridized carbons (Fsp3) is 0.429. The maximum atomic E-state index is 13.5. The Balaban J connectivity index is 1.30. The number of hydrogen-bond acceptors (Lipinski definition) is 6. The van der Waals surface area contributed by atoms with Gasteiger partial charge in [0, 0.05) is 49.7 Å². The summed E-state index contributed by atoms with van der Waals surface area (Å²) in [4.78, 5) is 35.3. The molecule has 1 aliphatic rings. The molecule has 0 bridgehead atoms. The minimum Gasteiger partial charge on any atom is -0.356 e. The molecule has 1 aromatic heterocycles. The second kappa shape index (κ2) is 13.1. The average molecular weight is 539 g/mol. The largest absolute Gasteiger partial charge is 0.356 e. The topological polar surface area (TPSA) is 134 Å². The maximum absolute atomic E-state index is 13.5. The molecule has 202 valence electrons. The van der Waals surface area contributed by atoms with Crippen LogP contribution < -0.4 is 5.32 Å². The molecule has 9 nitrogen and oxygen atoms in total. The number of carbonyl (C=O) groups is 2. The molecule has 1 amide bonds. The maximum Gasteiger partial charge on any atom is 0.327 e. The predicted octanol–water partition coefficient (Wildman–Crippen LogP) is 5.03. The van der Waals surface area contributed by atoms with E-state index >= 15 is 0 Å². The van der Waals surface area contributed by atoms with Gasteiger partial charge in [0.1, 0.15) is 17.2 Å². The van der Waals surface area contributed by atoms with Crippen molar-refractivity contribution < 1.29 is 23.6 Å². The van der Waals surface area contributed by atoms with Gasteiger partial charge in [-0.25, -0.2) is 0 Å². The van der Waals surface area contributed by atoms with Gasteiger partial charge in [-0.15, -0.1) is 0 Å². The van der Waals surface area contributed by atoms with E-state index in [0.717, 1.165) is 59.3 Å². The number of aromatic amines is 1. The number of nitrogens with one attached hydrogen (secondary N) is 2. The number of aromatic nitrogens is 3. The first kappa shape index (κ1) is 27.9. The number of ketones is 1. The molecule has 4 rings (SSSR count). The minimum absolute atomic E-state index is 0.0339. The zero-order valence-corrected chi connectivity index (χ0v) is 22.6. The zero-order chi connectivity index (χ0) is 27.0. The Morgan fingerprint density at radius 2 is 1.63 bits per heavy atom. The molecule has 1 heterocycles. The Kier molecular flexibility index (Phi) is 9.61. The molecule has 2 aromatic carbocycles. The zero-order valence-electron chi connectivity index (χ0n) is 21.7. The summed E-state index contributed by atoms with van der Waals surface area (Å²) in [5.74, 6) is -0.470. The van der Waals surface area contributed by atoms with E-state index in [1.54, 1.807) is 0 Å². The fourth-order valence-electron chi connectivity index (χ4n) is 4.95. The van der Waals surface area contributed by atoms with Gasteiger partial charge in [0.05, 0.1) is 0 Å². The standard InChI is InChI=1S/C28H35N4O5P/c1-37-38(35,36)18-10-4-2-3-9-17-29-26(34)16-15-25(33)24-19-20-11-5-6-12-21(20)27-28(31-32-30-27)23-14-8-7-13-22(23)24/h5-8,11-14,24H,2-4,9-10,15-19H2,1H3,(H,29,34)(H,35,36)(H,30,31,32). The average Bonchev–Trinajstić information content (AvgIpc) is 3.40. The molecule has 3 N–H and O–H groups in total. The van der Waals surface area contributed by atoms with Gasteiger partial charge < -0.3 is 14.7 Å². The van der Waals surface area contributed by atoms with E-state index in [1.165, 1.54) is 7.11 Å². The monoisotopic (exact) mass is 538 g/mol. The number of nitrogens with zero attached hydrogens (tertiary/aromatic N) is 2. The number of benzene rings is 2. The van der Waals surface area contributed by atoms with E-state index in [4.69, 9.17) is 0 Å². The van der Waals surface area contributed by atoms with Gasteiger partial charge in [0.2, 0.25) is 5.91 Å². The predicted molar refractivity (Wildman–Crippen MR) is 146 cm³/mol.